The topological polar surface area (TPSA) is 94.5 Å². The molecule has 7 heteroatoms. The highest BCUT2D eigenvalue weighted by atomic mass is 32.1. The summed E-state index contributed by atoms with van der Waals surface area (Å²) in [5.74, 6) is -0.472. The van der Waals surface area contributed by atoms with E-state index in [0.29, 0.717) is 23.1 Å². The van der Waals surface area contributed by atoms with Crippen molar-refractivity contribution >= 4 is 43.9 Å². The van der Waals surface area contributed by atoms with Crippen LogP contribution in [-0.4, -0.2) is 16.4 Å². The maximum absolute atomic E-state index is 11.6. The zero-order valence-electron chi connectivity index (χ0n) is 14.2. The number of H-pyrrole nitrogens is 1. The van der Waals surface area contributed by atoms with Gasteiger partial charge in [-0.25, -0.2) is 4.79 Å². The first kappa shape index (κ1) is 15.7. The molecule has 1 N–H and O–H groups in total. The number of benzene rings is 2. The second kappa shape index (κ2) is 5.76. The van der Waals surface area contributed by atoms with Crippen LogP contribution in [0.4, 0.5) is 0 Å². The average Bonchev–Trinajstić information content (AvgIpc) is 3.18. The van der Waals surface area contributed by atoms with Crippen LogP contribution in [0.5, 0.6) is 0 Å². The molecule has 0 atom stereocenters. The monoisotopic (exact) mass is 372 g/mol. The maximum atomic E-state index is 11.6. The number of hydrogen-bond donors (Lipinski definition) is 1. The summed E-state index contributed by atoms with van der Waals surface area (Å²) in [6, 6.07) is 13.6. The SMILES string of the molecule is CC1=NN=C(c2cc3ccc(C#N)cc3s2)c2cc3oc(=O)[nH]c3cc2C1. The maximum Gasteiger partial charge on any atom is 0.417 e. The number of nitrogens with zero attached hydrogens (tertiary/aromatic N) is 3. The Morgan fingerprint density at radius 2 is 2.11 bits per heavy atom. The number of thiophene rings is 1. The average molecular weight is 372 g/mol. The zero-order chi connectivity index (χ0) is 18.5. The molecule has 0 saturated heterocycles. The number of hydrogen-bond acceptors (Lipinski definition) is 6. The predicted octanol–water partition coefficient (Wildman–Crippen LogP) is 3.98. The quantitative estimate of drug-likeness (QED) is 0.547. The van der Waals surface area contributed by atoms with Crippen LogP contribution in [0.2, 0.25) is 0 Å². The van der Waals surface area contributed by atoms with Gasteiger partial charge in [-0.1, -0.05) is 6.07 Å². The van der Waals surface area contributed by atoms with Crippen LogP contribution >= 0.6 is 11.3 Å². The van der Waals surface area contributed by atoms with Gasteiger partial charge < -0.3 is 4.42 Å². The van der Waals surface area contributed by atoms with Crippen LogP contribution in [0, 0.1) is 11.3 Å². The fourth-order valence-electron chi connectivity index (χ4n) is 3.31. The fourth-order valence-corrected chi connectivity index (χ4v) is 4.41. The van der Waals surface area contributed by atoms with Crippen molar-refractivity contribution in [1.29, 1.82) is 5.26 Å². The van der Waals surface area contributed by atoms with Crippen molar-refractivity contribution in [2.24, 2.45) is 10.2 Å². The molecule has 130 valence electrons. The Hall–Kier alpha value is -3.50. The van der Waals surface area contributed by atoms with E-state index in [0.717, 1.165) is 37.5 Å². The number of nitriles is 1. The van der Waals surface area contributed by atoms with Crippen LogP contribution in [-0.2, 0) is 6.42 Å². The Kier molecular flexibility index (Phi) is 3.35. The highest BCUT2D eigenvalue weighted by Gasteiger charge is 2.20. The smallest absolute Gasteiger partial charge is 0.408 e. The molecule has 5 rings (SSSR count). The Morgan fingerprint density at radius 3 is 2.96 bits per heavy atom. The highest BCUT2D eigenvalue weighted by molar-refractivity contribution is 7.21. The molecule has 2 aromatic carbocycles. The molecule has 2 aromatic heterocycles. The summed E-state index contributed by atoms with van der Waals surface area (Å²) in [7, 11) is 0. The summed E-state index contributed by atoms with van der Waals surface area (Å²) in [4.78, 5) is 15.2. The van der Waals surface area contributed by atoms with Crippen molar-refractivity contribution < 1.29 is 4.42 Å². The Morgan fingerprint density at radius 1 is 1.22 bits per heavy atom. The van der Waals surface area contributed by atoms with Crippen molar-refractivity contribution in [3.63, 3.8) is 0 Å². The van der Waals surface area contributed by atoms with Gasteiger partial charge in [-0.15, -0.1) is 16.4 Å². The number of rotatable bonds is 1. The van der Waals surface area contributed by atoms with Gasteiger partial charge >= 0.3 is 5.76 Å². The summed E-state index contributed by atoms with van der Waals surface area (Å²) < 4.78 is 6.26. The molecule has 0 aliphatic carbocycles. The molecule has 0 fully saturated rings. The third kappa shape index (κ3) is 2.58. The summed E-state index contributed by atoms with van der Waals surface area (Å²) in [6.07, 6.45) is 0.648. The minimum Gasteiger partial charge on any atom is -0.408 e. The van der Waals surface area contributed by atoms with Gasteiger partial charge in [0.15, 0.2) is 5.58 Å². The van der Waals surface area contributed by atoms with Crippen LogP contribution in [0.25, 0.3) is 21.2 Å². The second-order valence-corrected chi connectivity index (χ2v) is 7.54. The van der Waals surface area contributed by atoms with Crippen molar-refractivity contribution in [2.75, 3.05) is 0 Å². The molecule has 1 aliphatic heterocycles. The van der Waals surface area contributed by atoms with Gasteiger partial charge in [0.05, 0.1) is 22.0 Å². The van der Waals surface area contributed by atoms with E-state index in [1.807, 2.05) is 37.3 Å². The van der Waals surface area contributed by atoms with E-state index < -0.39 is 5.76 Å². The molecule has 6 nitrogen and oxygen atoms in total. The van der Waals surface area contributed by atoms with Crippen molar-refractivity contribution in [2.45, 2.75) is 13.3 Å². The lowest BCUT2D eigenvalue weighted by atomic mass is 9.97. The van der Waals surface area contributed by atoms with E-state index in [1.165, 1.54) is 0 Å². The fraction of sp³-hybridized carbons (Fsp3) is 0.100. The summed E-state index contributed by atoms with van der Waals surface area (Å²) in [5, 5.41) is 19.0. The molecule has 0 spiro atoms. The van der Waals surface area contributed by atoms with E-state index in [4.69, 9.17) is 9.68 Å². The minimum atomic E-state index is -0.472. The molecule has 0 saturated carbocycles. The number of aromatic amines is 1. The molecule has 27 heavy (non-hydrogen) atoms. The molecule has 4 aromatic rings. The first-order chi connectivity index (χ1) is 13.1. The van der Waals surface area contributed by atoms with E-state index in [9.17, 15) is 4.79 Å². The standard InChI is InChI=1S/C20H12N4O2S/c1-10-4-13-6-15-16(26-20(25)22-15)8-14(13)19(24-23-10)18-7-12-3-2-11(9-21)5-17(12)27-18/h2-3,5-8H,4H2,1H3,(H,22,25). The van der Waals surface area contributed by atoms with Gasteiger partial charge in [-0.3, -0.25) is 4.98 Å². The van der Waals surface area contributed by atoms with Crippen molar-refractivity contribution in [3.8, 4) is 6.07 Å². The lowest BCUT2D eigenvalue weighted by Gasteiger charge is -2.07. The Balaban J connectivity index is 1.75. The second-order valence-electron chi connectivity index (χ2n) is 6.46. The third-order valence-corrected chi connectivity index (χ3v) is 5.65. The van der Waals surface area contributed by atoms with E-state index in [2.05, 4.69) is 27.3 Å². The van der Waals surface area contributed by atoms with Gasteiger partial charge in [0.1, 0.15) is 5.71 Å². The van der Waals surface area contributed by atoms with Gasteiger partial charge in [0.25, 0.3) is 0 Å². The first-order valence-electron chi connectivity index (χ1n) is 8.32. The van der Waals surface area contributed by atoms with E-state index in [1.54, 1.807) is 11.3 Å². The summed E-state index contributed by atoms with van der Waals surface area (Å²) in [5.41, 5.74) is 5.37. The summed E-state index contributed by atoms with van der Waals surface area (Å²) >= 11 is 1.57. The number of oxazole rings is 1. The normalized spacial score (nSPS) is 13.8. The minimum absolute atomic E-state index is 0.472. The summed E-state index contributed by atoms with van der Waals surface area (Å²) in [6.45, 7) is 1.93. The lowest BCUT2D eigenvalue weighted by molar-refractivity contribution is 0.555. The molecular weight excluding hydrogens is 360 g/mol. The molecule has 0 radical (unpaired) electrons. The zero-order valence-corrected chi connectivity index (χ0v) is 15.1. The van der Waals surface area contributed by atoms with E-state index >= 15 is 0 Å². The van der Waals surface area contributed by atoms with Crippen LogP contribution < -0.4 is 5.76 Å². The lowest BCUT2D eigenvalue weighted by Crippen LogP contribution is -2.05. The Labute approximate surface area is 157 Å². The molecule has 3 heterocycles. The first-order valence-corrected chi connectivity index (χ1v) is 9.14. The Bertz CT molecular complexity index is 1400. The van der Waals surface area contributed by atoms with E-state index in [-0.39, 0.29) is 0 Å². The number of fused-ring (bicyclic) bond motifs is 3. The molecule has 0 bridgehead atoms. The third-order valence-electron chi connectivity index (χ3n) is 4.55. The van der Waals surface area contributed by atoms with Gasteiger partial charge in [-0.2, -0.15) is 10.4 Å². The highest BCUT2D eigenvalue weighted by Crippen LogP contribution is 2.31. The van der Waals surface area contributed by atoms with Crippen LogP contribution in [0.1, 0.15) is 28.5 Å². The largest absolute Gasteiger partial charge is 0.417 e. The predicted molar refractivity (Wildman–Crippen MR) is 106 cm³/mol. The van der Waals surface area contributed by atoms with Gasteiger partial charge in [-0.05, 0) is 48.2 Å². The van der Waals surface area contributed by atoms with Gasteiger partial charge in [0.2, 0.25) is 0 Å². The molecule has 0 unspecified atom stereocenters. The molecule has 0 amide bonds. The van der Waals surface area contributed by atoms with Crippen molar-refractivity contribution in [3.05, 3.63) is 68.5 Å². The van der Waals surface area contributed by atoms with Crippen molar-refractivity contribution in [1.82, 2.24) is 4.98 Å². The van der Waals surface area contributed by atoms with Gasteiger partial charge in [0, 0.05) is 22.4 Å². The molecular formula is C20H12N4O2S. The van der Waals surface area contributed by atoms with Crippen LogP contribution in [0.15, 0.2) is 55.8 Å². The molecule has 1 aliphatic rings. The number of aromatic nitrogens is 1. The van der Waals surface area contributed by atoms with Crippen LogP contribution in [0.3, 0.4) is 0 Å². The number of nitrogens with one attached hydrogen (secondary N) is 1.